The van der Waals surface area contributed by atoms with Gasteiger partial charge in [-0.05, 0) is 47.6 Å². The molecule has 6 heteroatoms. The number of rotatable bonds is 8. The fourth-order valence-corrected chi connectivity index (χ4v) is 3.30. The van der Waals surface area contributed by atoms with Crippen molar-refractivity contribution in [1.29, 1.82) is 5.41 Å². The van der Waals surface area contributed by atoms with E-state index in [1.54, 1.807) is 0 Å². The van der Waals surface area contributed by atoms with Crippen LogP contribution in [-0.4, -0.2) is 65.0 Å². The molecule has 158 valence electrons. The van der Waals surface area contributed by atoms with Gasteiger partial charge in [-0.3, -0.25) is 0 Å². The second-order valence-corrected chi connectivity index (χ2v) is 13.1. The summed E-state index contributed by atoms with van der Waals surface area (Å²) in [6.07, 6.45) is 1.88. The Hall–Kier alpha value is -0.577. The summed E-state index contributed by atoms with van der Waals surface area (Å²) in [7, 11) is 6.74. The van der Waals surface area contributed by atoms with E-state index in [2.05, 4.69) is 57.6 Å². The predicted molar refractivity (Wildman–Crippen MR) is 132 cm³/mol. The van der Waals surface area contributed by atoms with E-state index in [1.165, 1.54) is 0 Å². The number of allylic oxidation sites excluding steroid dienone is 1. The van der Waals surface area contributed by atoms with E-state index in [-0.39, 0.29) is 51.4 Å². The van der Waals surface area contributed by atoms with Crippen molar-refractivity contribution in [3.63, 3.8) is 0 Å². The molecule has 0 radical (unpaired) electrons. The minimum absolute atomic E-state index is 0. The van der Waals surface area contributed by atoms with Crippen LogP contribution >= 0.6 is 0 Å². The Balaban J connectivity index is 0.000000801. The van der Waals surface area contributed by atoms with Gasteiger partial charge >= 0.3 is 51.4 Å². The Morgan fingerprint density at radius 1 is 0.800 bits per heavy atom. The third-order valence-corrected chi connectivity index (χ3v) is 4.80. The van der Waals surface area contributed by atoms with Crippen LogP contribution in [-0.2, 0) is 0 Å². The Morgan fingerprint density at radius 3 is 1.57 bits per heavy atom. The maximum absolute atomic E-state index is 8.30. The van der Waals surface area contributed by atoms with E-state index >= 15 is 0 Å². The molecular formula is C24H37KN4Si. The SMILES string of the molecule is CN(C)CCN(C)C.C[Si](C)(C)[N-]/C(=C\C(=N)c1ccccc1)c1ccccc1.[K+]. The van der Waals surface area contributed by atoms with Gasteiger partial charge in [-0.15, -0.1) is 5.70 Å². The average Bonchev–Trinajstić information content (AvgIpc) is 2.66. The number of hydrogen-bond acceptors (Lipinski definition) is 3. The van der Waals surface area contributed by atoms with Crippen molar-refractivity contribution in [2.24, 2.45) is 0 Å². The van der Waals surface area contributed by atoms with Gasteiger partial charge in [-0.25, -0.2) is 0 Å². The summed E-state index contributed by atoms with van der Waals surface area (Å²) < 4.78 is 0. The number of likely N-dealkylation sites (N-methyl/N-ethyl adjacent to an activating group) is 2. The second kappa shape index (κ2) is 15.3. The molecule has 30 heavy (non-hydrogen) atoms. The van der Waals surface area contributed by atoms with Gasteiger partial charge in [-0.2, -0.15) is 0 Å². The Kier molecular flexibility index (Phi) is 15.0. The smallest absolute Gasteiger partial charge is 0.687 e. The third-order valence-electron chi connectivity index (χ3n) is 3.89. The van der Waals surface area contributed by atoms with Crippen molar-refractivity contribution < 1.29 is 51.4 Å². The monoisotopic (exact) mass is 448 g/mol. The standard InChI is InChI=1S/C18H21N2Si.C6H16N2.K/c1-21(2,3)20-18(16-12-8-5-9-13-16)14-17(19)15-10-6-4-7-11-15;1-7(2)5-6-8(3)4;/h4-14,19H,1-3H3;5-6H2,1-4H3;/q-1;;+1/b18-14-,19-17?;;. The molecule has 0 atom stereocenters. The molecule has 0 amide bonds. The van der Waals surface area contributed by atoms with Gasteiger partial charge in [-0.1, -0.05) is 86.4 Å². The largest absolute Gasteiger partial charge is 1.00 e. The zero-order valence-electron chi connectivity index (χ0n) is 20.1. The van der Waals surface area contributed by atoms with Crippen molar-refractivity contribution in [3.8, 4) is 0 Å². The molecule has 0 saturated heterocycles. The molecule has 0 bridgehead atoms. The molecule has 0 fully saturated rings. The Bertz CT molecular complexity index is 746. The van der Waals surface area contributed by atoms with Crippen LogP contribution < -0.4 is 51.4 Å². The summed E-state index contributed by atoms with van der Waals surface area (Å²) in [5.74, 6) is 0. The van der Waals surface area contributed by atoms with Crippen molar-refractivity contribution in [2.45, 2.75) is 19.6 Å². The van der Waals surface area contributed by atoms with E-state index in [4.69, 9.17) is 10.4 Å². The molecule has 2 aromatic rings. The first-order valence-corrected chi connectivity index (χ1v) is 13.5. The van der Waals surface area contributed by atoms with E-state index < -0.39 is 8.24 Å². The topological polar surface area (TPSA) is 44.4 Å². The number of nitrogens with one attached hydrogen (secondary N) is 1. The summed E-state index contributed by atoms with van der Waals surface area (Å²) in [5.41, 5.74) is 3.39. The molecule has 0 aliphatic carbocycles. The summed E-state index contributed by atoms with van der Waals surface area (Å²) in [6, 6.07) is 19.9. The first kappa shape index (κ1) is 29.4. The zero-order valence-corrected chi connectivity index (χ0v) is 24.2. The maximum atomic E-state index is 8.30. The van der Waals surface area contributed by atoms with Crippen LogP contribution in [0.25, 0.3) is 10.7 Å². The van der Waals surface area contributed by atoms with E-state index in [9.17, 15) is 0 Å². The van der Waals surface area contributed by atoms with Crippen molar-refractivity contribution in [1.82, 2.24) is 9.80 Å². The van der Waals surface area contributed by atoms with Gasteiger partial charge in [0.15, 0.2) is 0 Å². The minimum atomic E-state index is -1.61. The van der Waals surface area contributed by atoms with E-state index in [0.29, 0.717) is 5.71 Å². The molecule has 0 aliphatic heterocycles. The molecule has 2 rings (SSSR count). The quantitative estimate of drug-likeness (QED) is 0.498. The number of nitrogens with zero attached hydrogens (tertiary/aromatic N) is 3. The number of benzene rings is 2. The zero-order chi connectivity index (χ0) is 21.9. The molecule has 0 spiro atoms. The molecule has 0 heterocycles. The van der Waals surface area contributed by atoms with Crippen LogP contribution in [0.3, 0.4) is 0 Å². The normalized spacial score (nSPS) is 11.4. The summed E-state index contributed by atoms with van der Waals surface area (Å²) in [4.78, 5) is 9.26. The van der Waals surface area contributed by atoms with E-state index in [1.807, 2.05) is 66.7 Å². The van der Waals surface area contributed by atoms with Crippen LogP contribution in [0.15, 0.2) is 66.7 Å². The summed E-state index contributed by atoms with van der Waals surface area (Å²) >= 11 is 0. The van der Waals surface area contributed by atoms with Gasteiger partial charge in [0.1, 0.15) is 0 Å². The van der Waals surface area contributed by atoms with Crippen LogP contribution in [0.2, 0.25) is 19.6 Å². The van der Waals surface area contributed by atoms with Gasteiger partial charge in [0.2, 0.25) is 0 Å². The molecule has 0 unspecified atom stereocenters. The molecular weight excluding hydrogens is 411 g/mol. The third kappa shape index (κ3) is 13.7. The Morgan fingerprint density at radius 2 is 1.20 bits per heavy atom. The van der Waals surface area contributed by atoms with Crippen LogP contribution in [0.1, 0.15) is 11.1 Å². The maximum Gasteiger partial charge on any atom is 1.00 e. The first-order chi connectivity index (χ1) is 13.6. The molecule has 0 aromatic heterocycles. The fourth-order valence-electron chi connectivity index (χ4n) is 2.39. The minimum Gasteiger partial charge on any atom is -0.687 e. The molecule has 4 nitrogen and oxygen atoms in total. The van der Waals surface area contributed by atoms with Gasteiger partial charge in [0.05, 0.1) is 5.71 Å². The molecule has 0 saturated carbocycles. The first-order valence-electron chi connectivity index (χ1n) is 10.0. The number of hydrogen-bond donors (Lipinski definition) is 1. The molecule has 2 aromatic carbocycles. The van der Waals surface area contributed by atoms with Gasteiger partial charge in [0.25, 0.3) is 0 Å². The van der Waals surface area contributed by atoms with Crippen LogP contribution in [0.4, 0.5) is 0 Å². The predicted octanol–water partition coefficient (Wildman–Crippen LogP) is 2.42. The molecule has 0 aliphatic rings. The van der Waals surface area contributed by atoms with Gasteiger partial charge in [0, 0.05) is 13.1 Å². The van der Waals surface area contributed by atoms with Crippen molar-refractivity contribution in [2.75, 3.05) is 41.3 Å². The average molecular weight is 449 g/mol. The molecule has 1 N–H and O–H groups in total. The van der Waals surface area contributed by atoms with Gasteiger partial charge < -0.3 is 20.2 Å². The van der Waals surface area contributed by atoms with Crippen LogP contribution in [0.5, 0.6) is 0 Å². The van der Waals surface area contributed by atoms with Crippen molar-refractivity contribution in [3.05, 3.63) is 82.8 Å². The van der Waals surface area contributed by atoms with E-state index in [0.717, 1.165) is 29.9 Å². The summed E-state index contributed by atoms with van der Waals surface area (Å²) in [6.45, 7) is 8.90. The summed E-state index contributed by atoms with van der Waals surface area (Å²) in [5, 5.41) is 8.30. The van der Waals surface area contributed by atoms with Crippen molar-refractivity contribution >= 4 is 19.6 Å². The second-order valence-electron chi connectivity index (χ2n) is 8.56. The Labute approximate surface area is 227 Å². The fraction of sp³-hybridized carbons (Fsp3) is 0.375. The van der Waals surface area contributed by atoms with Crippen LogP contribution in [0, 0.1) is 5.41 Å².